The van der Waals surface area contributed by atoms with Gasteiger partial charge in [0.05, 0.1) is 31.5 Å². The van der Waals surface area contributed by atoms with Gasteiger partial charge in [-0.15, -0.1) is 0 Å². The molecular formula is C23H30N4O4. The number of hydrogen-bond donors (Lipinski definition) is 1. The summed E-state index contributed by atoms with van der Waals surface area (Å²) in [5, 5.41) is 7.16. The predicted octanol–water partition coefficient (Wildman–Crippen LogP) is 2.04. The Labute approximate surface area is 182 Å². The first kappa shape index (κ1) is 21.4. The lowest BCUT2D eigenvalue weighted by Gasteiger charge is -2.41. The predicted molar refractivity (Wildman–Crippen MR) is 115 cm³/mol. The van der Waals surface area contributed by atoms with Gasteiger partial charge in [-0.3, -0.25) is 14.3 Å². The molecule has 1 aromatic heterocycles. The second-order valence-electron chi connectivity index (χ2n) is 8.07. The van der Waals surface area contributed by atoms with Crippen LogP contribution in [0, 0.1) is 0 Å². The summed E-state index contributed by atoms with van der Waals surface area (Å²) in [6.07, 6.45) is 6.52. The molecule has 1 aromatic carbocycles. The topological polar surface area (TPSA) is 85.7 Å². The zero-order chi connectivity index (χ0) is 21.7. The zero-order valence-electron chi connectivity index (χ0n) is 18.0. The van der Waals surface area contributed by atoms with Gasteiger partial charge in [-0.2, -0.15) is 5.10 Å². The van der Waals surface area contributed by atoms with Crippen molar-refractivity contribution in [2.75, 3.05) is 32.8 Å². The van der Waals surface area contributed by atoms with Gasteiger partial charge in [0.2, 0.25) is 0 Å². The van der Waals surface area contributed by atoms with Crippen LogP contribution in [0.3, 0.4) is 0 Å². The number of para-hydroxylation sites is 1. The lowest BCUT2D eigenvalue weighted by atomic mass is 9.91. The van der Waals surface area contributed by atoms with E-state index < -0.39 is 5.60 Å². The molecule has 4 rings (SSSR count). The number of rotatable bonds is 2. The lowest BCUT2D eigenvalue weighted by molar-refractivity contribution is -0.159. The van der Waals surface area contributed by atoms with Crippen LogP contribution in [0.5, 0.6) is 5.75 Å². The van der Waals surface area contributed by atoms with Crippen LogP contribution in [-0.4, -0.2) is 64.9 Å². The van der Waals surface area contributed by atoms with E-state index in [1.807, 2.05) is 25.1 Å². The van der Waals surface area contributed by atoms with Crippen molar-refractivity contribution in [2.45, 2.75) is 44.8 Å². The number of morpholine rings is 1. The Morgan fingerprint density at radius 3 is 2.97 bits per heavy atom. The molecule has 2 aliphatic rings. The van der Waals surface area contributed by atoms with Gasteiger partial charge < -0.3 is 19.7 Å². The molecule has 2 aliphatic heterocycles. The maximum atomic E-state index is 13.2. The van der Waals surface area contributed by atoms with Gasteiger partial charge in [-0.05, 0) is 44.2 Å². The van der Waals surface area contributed by atoms with Crippen molar-refractivity contribution >= 4 is 11.8 Å². The van der Waals surface area contributed by atoms with Gasteiger partial charge in [-0.1, -0.05) is 18.2 Å². The Morgan fingerprint density at radius 1 is 1.26 bits per heavy atom. The molecule has 1 unspecified atom stereocenters. The fraction of sp³-hybridized carbons (Fsp3) is 0.522. The number of amides is 2. The van der Waals surface area contributed by atoms with Crippen molar-refractivity contribution in [1.29, 1.82) is 0 Å². The van der Waals surface area contributed by atoms with Crippen molar-refractivity contribution in [3.63, 3.8) is 0 Å². The third-order valence-corrected chi connectivity index (χ3v) is 5.99. The maximum absolute atomic E-state index is 13.2. The summed E-state index contributed by atoms with van der Waals surface area (Å²) in [4.78, 5) is 27.9. The van der Waals surface area contributed by atoms with E-state index in [-0.39, 0.29) is 18.4 Å². The lowest BCUT2D eigenvalue weighted by Crippen LogP contribution is -2.61. The summed E-state index contributed by atoms with van der Waals surface area (Å²) in [6, 6.07) is 8.04. The average molecular weight is 427 g/mol. The van der Waals surface area contributed by atoms with E-state index in [9.17, 15) is 9.59 Å². The highest BCUT2D eigenvalue weighted by atomic mass is 16.5. The second kappa shape index (κ2) is 9.51. The minimum Gasteiger partial charge on any atom is -0.491 e. The van der Waals surface area contributed by atoms with Gasteiger partial charge in [0.1, 0.15) is 12.4 Å². The Balaban J connectivity index is 1.49. The number of ether oxygens (including phenoxy) is 2. The molecule has 0 bridgehead atoms. The number of benzene rings is 1. The number of carbonyl (C=O) groups is 2. The van der Waals surface area contributed by atoms with Crippen LogP contribution < -0.4 is 10.1 Å². The van der Waals surface area contributed by atoms with E-state index in [4.69, 9.17) is 9.47 Å². The van der Waals surface area contributed by atoms with E-state index in [1.54, 1.807) is 22.0 Å². The molecule has 31 heavy (non-hydrogen) atoms. The quantitative estimate of drug-likeness (QED) is 0.794. The Hall–Kier alpha value is -2.87. The number of hydrogen-bond acceptors (Lipinski definition) is 5. The van der Waals surface area contributed by atoms with Crippen molar-refractivity contribution in [1.82, 2.24) is 20.0 Å². The summed E-state index contributed by atoms with van der Waals surface area (Å²) in [5.41, 5.74) is 0.683. The first-order valence-corrected chi connectivity index (χ1v) is 11.1. The third-order valence-electron chi connectivity index (χ3n) is 5.99. The molecule has 1 atom stereocenters. The molecule has 1 spiro atoms. The van der Waals surface area contributed by atoms with Crippen LogP contribution in [0.15, 0.2) is 36.7 Å². The highest BCUT2D eigenvalue weighted by Crippen LogP contribution is 2.28. The summed E-state index contributed by atoms with van der Waals surface area (Å²) in [7, 11) is 0. The van der Waals surface area contributed by atoms with Gasteiger partial charge in [0, 0.05) is 19.3 Å². The van der Waals surface area contributed by atoms with E-state index in [1.165, 1.54) is 5.56 Å². The highest BCUT2D eigenvalue weighted by Gasteiger charge is 2.44. The molecule has 1 N–H and O–H groups in total. The number of aromatic nitrogens is 2. The van der Waals surface area contributed by atoms with Crippen LogP contribution in [0.25, 0.3) is 0 Å². The Kier molecular flexibility index (Phi) is 6.56. The number of aryl methyl sites for hydroxylation is 2. The molecule has 1 fully saturated rings. The van der Waals surface area contributed by atoms with Crippen LogP contribution in [0.4, 0.5) is 0 Å². The van der Waals surface area contributed by atoms with Crippen LogP contribution in [-0.2, 0) is 22.5 Å². The van der Waals surface area contributed by atoms with Crippen LogP contribution >= 0.6 is 0 Å². The first-order chi connectivity index (χ1) is 15.1. The highest BCUT2D eigenvalue weighted by molar-refractivity contribution is 5.95. The summed E-state index contributed by atoms with van der Waals surface area (Å²) < 4.78 is 13.7. The molecular weight excluding hydrogens is 396 g/mol. The van der Waals surface area contributed by atoms with Crippen molar-refractivity contribution in [2.24, 2.45) is 0 Å². The minimum absolute atomic E-state index is 0.112. The molecule has 166 valence electrons. The minimum atomic E-state index is -1.03. The van der Waals surface area contributed by atoms with Crippen LogP contribution in [0.2, 0.25) is 0 Å². The first-order valence-electron chi connectivity index (χ1n) is 11.1. The largest absolute Gasteiger partial charge is 0.491 e. The second-order valence-corrected chi connectivity index (χ2v) is 8.07. The number of nitrogens with zero attached hydrogens (tertiary/aromatic N) is 3. The summed E-state index contributed by atoms with van der Waals surface area (Å²) in [5.74, 6) is 0.593. The third kappa shape index (κ3) is 4.74. The molecule has 8 heteroatoms. The normalized spacial score (nSPS) is 22.6. The molecule has 2 amide bonds. The number of nitrogens with one attached hydrogen (secondary N) is 1. The summed E-state index contributed by atoms with van der Waals surface area (Å²) >= 11 is 0. The summed E-state index contributed by atoms with van der Waals surface area (Å²) in [6.45, 7) is 4.48. The Morgan fingerprint density at radius 2 is 2.13 bits per heavy atom. The molecule has 8 nitrogen and oxygen atoms in total. The Bertz CT molecular complexity index is 928. The molecule has 3 heterocycles. The molecule has 0 aliphatic carbocycles. The monoisotopic (exact) mass is 426 g/mol. The molecule has 2 aromatic rings. The smallest absolute Gasteiger partial charge is 0.257 e. The standard InChI is InChI=1S/C23H30N4O4/c1-2-27-16-19(15-25-27)21(28)26-12-14-31-23(17-26)10-6-5-8-18-7-3-4-9-20(18)30-13-11-24-22(23)29/h3-4,7,9,15-16H,2,5-6,8,10-14,17H2,1H3,(H,24,29). The van der Waals surface area contributed by atoms with E-state index in [2.05, 4.69) is 16.5 Å². The van der Waals surface area contributed by atoms with Crippen LogP contribution in [0.1, 0.15) is 42.1 Å². The fourth-order valence-corrected chi connectivity index (χ4v) is 4.25. The van der Waals surface area contributed by atoms with Crippen molar-refractivity contribution in [3.05, 3.63) is 47.8 Å². The van der Waals surface area contributed by atoms with Gasteiger partial charge in [0.25, 0.3) is 11.8 Å². The van der Waals surface area contributed by atoms with E-state index >= 15 is 0 Å². The van der Waals surface area contributed by atoms with Gasteiger partial charge >= 0.3 is 0 Å². The van der Waals surface area contributed by atoms with E-state index in [0.717, 1.165) is 25.0 Å². The molecule has 0 saturated carbocycles. The zero-order valence-corrected chi connectivity index (χ0v) is 18.0. The number of fused-ring (bicyclic) bond motifs is 1. The molecule has 1 saturated heterocycles. The maximum Gasteiger partial charge on any atom is 0.257 e. The van der Waals surface area contributed by atoms with Crippen molar-refractivity contribution in [3.8, 4) is 5.75 Å². The van der Waals surface area contributed by atoms with Gasteiger partial charge in [0.15, 0.2) is 5.60 Å². The molecule has 0 radical (unpaired) electrons. The van der Waals surface area contributed by atoms with E-state index in [0.29, 0.717) is 44.8 Å². The van der Waals surface area contributed by atoms with Gasteiger partial charge in [-0.25, -0.2) is 0 Å². The SMILES string of the molecule is CCn1cc(C(=O)N2CCOC3(CCCCc4ccccc4OCCNC3=O)C2)cn1. The average Bonchev–Trinajstić information content (AvgIpc) is 3.28. The van der Waals surface area contributed by atoms with Crippen molar-refractivity contribution < 1.29 is 19.1 Å². The number of carbonyl (C=O) groups excluding carboxylic acids is 2. The fourth-order valence-electron chi connectivity index (χ4n) is 4.25.